The van der Waals surface area contributed by atoms with E-state index in [-0.39, 0.29) is 13.2 Å². The standard InChI is InChI=1S/C50H53BrO7/c1-52-44-26-18-40(19-27-44)49(38-14-8-5-9-15-38,41-20-28-45(53-2)29-21-41)57-36-48(56-35-13-7-12-34-51)37-58-50(39-16-10-6-11-17-39,42-22-30-46(54-3)31-23-42)43-24-32-47(55-4)33-25-43/h5-6,8-11,14-33,48H,7,12-13,34-37H2,1-4H3. The monoisotopic (exact) mass is 844 g/mol. The largest absolute Gasteiger partial charge is 0.497 e. The number of ether oxygens (including phenoxy) is 7. The Labute approximate surface area is 351 Å². The van der Waals surface area contributed by atoms with Crippen molar-refractivity contribution in [2.24, 2.45) is 0 Å². The van der Waals surface area contributed by atoms with Crippen molar-refractivity contribution < 1.29 is 33.2 Å². The molecule has 0 unspecified atom stereocenters. The second-order valence-corrected chi connectivity index (χ2v) is 14.7. The van der Waals surface area contributed by atoms with Crippen LogP contribution >= 0.6 is 15.9 Å². The Morgan fingerprint density at radius 1 is 0.397 bits per heavy atom. The van der Waals surface area contributed by atoms with Gasteiger partial charge in [-0.25, -0.2) is 0 Å². The zero-order chi connectivity index (χ0) is 40.6. The molecule has 0 spiro atoms. The molecule has 0 saturated carbocycles. The van der Waals surface area contributed by atoms with Gasteiger partial charge in [-0.3, -0.25) is 0 Å². The van der Waals surface area contributed by atoms with Gasteiger partial charge in [-0.15, -0.1) is 0 Å². The van der Waals surface area contributed by atoms with E-state index in [1.54, 1.807) is 28.4 Å². The number of benzene rings is 6. The molecule has 7 nitrogen and oxygen atoms in total. The second-order valence-electron chi connectivity index (χ2n) is 13.9. The van der Waals surface area contributed by atoms with E-state index in [4.69, 9.17) is 33.2 Å². The molecular weight excluding hydrogens is 792 g/mol. The summed E-state index contributed by atoms with van der Waals surface area (Å²) >= 11 is 3.58. The number of alkyl halides is 1. The molecule has 0 bridgehead atoms. The van der Waals surface area contributed by atoms with Crippen LogP contribution in [0.2, 0.25) is 0 Å². The smallest absolute Gasteiger partial charge is 0.143 e. The lowest BCUT2D eigenvalue weighted by Crippen LogP contribution is -2.40. The summed E-state index contributed by atoms with van der Waals surface area (Å²) in [6.45, 7) is 0.972. The minimum Gasteiger partial charge on any atom is -0.497 e. The summed E-state index contributed by atoms with van der Waals surface area (Å²) in [7, 11) is 6.69. The summed E-state index contributed by atoms with van der Waals surface area (Å²) in [6.07, 6.45) is 2.54. The zero-order valence-electron chi connectivity index (χ0n) is 33.8. The predicted octanol–water partition coefficient (Wildman–Crippen LogP) is 11.0. The SMILES string of the molecule is COc1ccc(C(OCC(COC(c2ccccc2)(c2ccc(OC)cc2)c2ccc(OC)cc2)OCCCCCBr)(c2ccccc2)c2ccc(OC)cc2)cc1. The Hall–Kier alpha value is -5.12. The van der Waals surface area contributed by atoms with Crippen LogP contribution in [0.15, 0.2) is 158 Å². The molecule has 0 N–H and O–H groups in total. The Morgan fingerprint density at radius 2 is 0.707 bits per heavy atom. The van der Waals surface area contributed by atoms with Crippen molar-refractivity contribution in [1.29, 1.82) is 0 Å². The molecule has 6 aromatic carbocycles. The molecule has 0 aromatic heterocycles. The van der Waals surface area contributed by atoms with Gasteiger partial charge in [0.1, 0.15) is 40.3 Å². The van der Waals surface area contributed by atoms with E-state index in [0.717, 1.165) is 81.0 Å². The maximum Gasteiger partial charge on any atom is 0.143 e. The van der Waals surface area contributed by atoms with Crippen LogP contribution in [0.5, 0.6) is 23.0 Å². The average Bonchev–Trinajstić information content (AvgIpc) is 3.30. The fourth-order valence-corrected chi connectivity index (χ4v) is 7.75. The average molecular weight is 846 g/mol. The van der Waals surface area contributed by atoms with E-state index >= 15 is 0 Å². The van der Waals surface area contributed by atoms with Crippen molar-refractivity contribution in [2.45, 2.75) is 36.6 Å². The van der Waals surface area contributed by atoms with Crippen LogP contribution in [0.3, 0.4) is 0 Å². The quantitative estimate of drug-likeness (QED) is 0.0383. The number of unbranched alkanes of at least 4 members (excludes halogenated alkanes) is 2. The maximum atomic E-state index is 7.39. The van der Waals surface area contributed by atoms with Crippen LogP contribution in [-0.2, 0) is 25.4 Å². The number of methoxy groups -OCH3 is 4. The van der Waals surface area contributed by atoms with Crippen molar-refractivity contribution in [2.75, 3.05) is 53.6 Å². The first-order valence-electron chi connectivity index (χ1n) is 19.7. The first-order chi connectivity index (χ1) is 28.5. The van der Waals surface area contributed by atoms with Crippen LogP contribution in [0, 0.1) is 0 Å². The first-order valence-corrected chi connectivity index (χ1v) is 20.8. The minimum absolute atomic E-state index is 0.210. The Morgan fingerprint density at radius 3 is 1.00 bits per heavy atom. The van der Waals surface area contributed by atoms with Gasteiger partial charge in [0, 0.05) is 11.9 Å². The topological polar surface area (TPSA) is 64.6 Å². The molecule has 0 saturated heterocycles. The summed E-state index contributed by atoms with van der Waals surface area (Å²) in [5.74, 6) is 3.03. The molecule has 0 amide bonds. The molecule has 0 atom stereocenters. The number of hydrogen-bond acceptors (Lipinski definition) is 7. The summed E-state index contributed by atoms with van der Waals surface area (Å²) in [5.41, 5.74) is 3.65. The fourth-order valence-electron chi connectivity index (χ4n) is 7.35. The van der Waals surface area contributed by atoms with Crippen molar-refractivity contribution in [3.8, 4) is 23.0 Å². The van der Waals surface area contributed by atoms with Crippen LogP contribution in [0.1, 0.15) is 52.6 Å². The van der Waals surface area contributed by atoms with Gasteiger partial charge in [-0.05, 0) is 94.8 Å². The lowest BCUT2D eigenvalue weighted by molar-refractivity contribution is -0.113. The lowest BCUT2D eigenvalue weighted by atomic mass is 9.79. The molecule has 6 rings (SSSR count). The van der Waals surface area contributed by atoms with Crippen molar-refractivity contribution >= 4 is 15.9 Å². The van der Waals surface area contributed by atoms with Gasteiger partial charge >= 0.3 is 0 Å². The maximum absolute atomic E-state index is 7.39. The lowest BCUT2D eigenvalue weighted by Gasteiger charge is -2.39. The van der Waals surface area contributed by atoms with E-state index in [0.29, 0.717) is 6.61 Å². The van der Waals surface area contributed by atoms with Crippen LogP contribution in [-0.4, -0.2) is 59.7 Å². The molecule has 0 aliphatic heterocycles. The Balaban J connectivity index is 1.45. The third kappa shape index (κ3) is 9.76. The van der Waals surface area contributed by atoms with E-state index < -0.39 is 17.3 Å². The molecule has 0 aliphatic carbocycles. The third-order valence-electron chi connectivity index (χ3n) is 10.4. The summed E-state index contributed by atoms with van der Waals surface area (Å²) < 4.78 is 43.9. The molecule has 6 aromatic rings. The van der Waals surface area contributed by atoms with Gasteiger partial charge in [-0.2, -0.15) is 0 Å². The highest BCUT2D eigenvalue weighted by atomic mass is 79.9. The van der Waals surface area contributed by atoms with Gasteiger partial charge in [0.2, 0.25) is 0 Å². The molecule has 0 radical (unpaired) electrons. The van der Waals surface area contributed by atoms with Gasteiger partial charge in [-0.1, -0.05) is 132 Å². The molecule has 0 heterocycles. The van der Waals surface area contributed by atoms with Crippen molar-refractivity contribution in [3.63, 3.8) is 0 Å². The van der Waals surface area contributed by atoms with Crippen LogP contribution in [0.4, 0.5) is 0 Å². The Kier molecular flexibility index (Phi) is 15.4. The van der Waals surface area contributed by atoms with Gasteiger partial charge in [0.15, 0.2) is 0 Å². The third-order valence-corrected chi connectivity index (χ3v) is 11.0. The molecule has 8 heteroatoms. The second kappa shape index (κ2) is 21.0. The summed E-state index contributed by atoms with van der Waals surface area (Å²) in [6, 6.07) is 52.9. The van der Waals surface area contributed by atoms with E-state index in [2.05, 4.69) is 88.7 Å². The molecular formula is C50H53BrO7. The van der Waals surface area contributed by atoms with Gasteiger partial charge in [0.05, 0.1) is 41.7 Å². The van der Waals surface area contributed by atoms with Crippen molar-refractivity contribution in [3.05, 3.63) is 191 Å². The van der Waals surface area contributed by atoms with Crippen LogP contribution < -0.4 is 18.9 Å². The van der Waals surface area contributed by atoms with Gasteiger partial charge < -0.3 is 33.2 Å². The number of rotatable bonds is 22. The van der Waals surface area contributed by atoms with Gasteiger partial charge in [0.25, 0.3) is 0 Å². The van der Waals surface area contributed by atoms with Crippen molar-refractivity contribution in [1.82, 2.24) is 0 Å². The Bertz CT molecular complexity index is 1830. The van der Waals surface area contributed by atoms with E-state index in [1.807, 2.05) is 84.9 Å². The highest BCUT2D eigenvalue weighted by Gasteiger charge is 2.41. The zero-order valence-corrected chi connectivity index (χ0v) is 35.4. The fraction of sp³-hybridized carbons (Fsp3) is 0.280. The number of halogens is 1. The predicted molar refractivity (Wildman–Crippen MR) is 234 cm³/mol. The molecule has 0 fully saturated rings. The van der Waals surface area contributed by atoms with E-state index in [1.165, 1.54) is 0 Å². The summed E-state index contributed by atoms with van der Waals surface area (Å²) in [4.78, 5) is 0. The van der Waals surface area contributed by atoms with E-state index in [9.17, 15) is 0 Å². The molecule has 302 valence electrons. The molecule has 58 heavy (non-hydrogen) atoms. The summed E-state index contributed by atoms with van der Waals surface area (Å²) in [5, 5.41) is 0.954. The highest BCUT2D eigenvalue weighted by molar-refractivity contribution is 9.09. The normalized spacial score (nSPS) is 11.7. The molecule has 0 aliphatic rings. The minimum atomic E-state index is -1.03. The highest BCUT2D eigenvalue weighted by Crippen LogP contribution is 2.44. The first kappa shape index (κ1) is 42.5. The number of hydrogen-bond donors (Lipinski definition) is 0. The van der Waals surface area contributed by atoms with Crippen LogP contribution in [0.25, 0.3) is 0 Å².